The Kier molecular flexibility index (Phi) is 6.45. The minimum atomic E-state index is -0.196. The van der Waals surface area contributed by atoms with Gasteiger partial charge >= 0.3 is 0 Å². The first-order chi connectivity index (χ1) is 22.0. The lowest BCUT2D eigenvalue weighted by molar-refractivity contribution is 0.102. The Bertz CT molecular complexity index is 2280. The second-order valence-corrected chi connectivity index (χ2v) is 11.9. The second kappa shape index (κ2) is 10.8. The van der Waals surface area contributed by atoms with E-state index in [1.165, 1.54) is 32.7 Å². The van der Waals surface area contributed by atoms with E-state index < -0.39 is 0 Å². The molecular formula is C40H31N3O2. The van der Waals surface area contributed by atoms with Crippen LogP contribution in [0.5, 0.6) is 0 Å². The third-order valence-corrected chi connectivity index (χ3v) is 9.29. The zero-order chi connectivity index (χ0) is 30.5. The molecule has 1 unspecified atom stereocenters. The van der Waals surface area contributed by atoms with Crippen LogP contribution in [0.25, 0.3) is 43.6 Å². The number of rotatable bonds is 5. The van der Waals surface area contributed by atoms with E-state index in [4.69, 9.17) is 15.6 Å². The van der Waals surface area contributed by atoms with Crippen LogP contribution in [0.2, 0.25) is 0 Å². The topological polar surface area (TPSA) is 92.1 Å². The molecule has 5 nitrogen and oxygen atoms in total. The second-order valence-electron chi connectivity index (χ2n) is 11.9. The number of para-hydroxylation sites is 1. The maximum atomic E-state index is 13.5. The van der Waals surface area contributed by atoms with Crippen molar-refractivity contribution in [2.75, 3.05) is 5.32 Å². The van der Waals surface area contributed by atoms with E-state index >= 15 is 0 Å². The van der Waals surface area contributed by atoms with Crippen molar-refractivity contribution in [2.45, 2.75) is 25.2 Å². The molecule has 45 heavy (non-hydrogen) atoms. The molecule has 1 atom stereocenters. The standard InChI is InChI=1S/C40H31N3O2/c41-39(42)28-13-12-26-20-29(40(44)43-30-7-2-1-3-8-30)23-37(36(26)22-28)38-32(18-19-45-38)27-11-10-25-15-16-33-31-9-5-4-6-24(31)14-17-34(33)35(25)21-27/h1-9,12-20,22-23,27H,10-11,21H2,(H3,41,42)(H,43,44). The number of benzene rings is 6. The van der Waals surface area contributed by atoms with E-state index in [9.17, 15) is 4.79 Å². The molecule has 0 fully saturated rings. The number of furan rings is 1. The van der Waals surface area contributed by atoms with Gasteiger partial charge in [-0.2, -0.15) is 0 Å². The number of carbonyl (C=O) groups is 1. The Labute approximate surface area is 260 Å². The van der Waals surface area contributed by atoms with E-state index in [1.54, 1.807) is 6.26 Å². The summed E-state index contributed by atoms with van der Waals surface area (Å²) in [5, 5.41) is 18.0. The molecule has 4 N–H and O–H groups in total. The first-order valence-electron chi connectivity index (χ1n) is 15.3. The summed E-state index contributed by atoms with van der Waals surface area (Å²) in [5.41, 5.74) is 12.6. The molecule has 7 aromatic rings. The van der Waals surface area contributed by atoms with E-state index in [0.717, 1.165) is 52.6 Å². The van der Waals surface area contributed by atoms with E-state index in [0.29, 0.717) is 11.1 Å². The van der Waals surface area contributed by atoms with Crippen LogP contribution in [0.4, 0.5) is 5.69 Å². The van der Waals surface area contributed by atoms with Crippen LogP contribution >= 0.6 is 0 Å². The number of anilines is 1. The molecular weight excluding hydrogens is 554 g/mol. The lowest BCUT2D eigenvalue weighted by Gasteiger charge is -2.26. The van der Waals surface area contributed by atoms with Gasteiger partial charge < -0.3 is 15.5 Å². The largest absolute Gasteiger partial charge is 0.464 e. The van der Waals surface area contributed by atoms with Gasteiger partial charge in [-0.05, 0) is 105 Å². The SMILES string of the molecule is N=C(N)c1ccc2cc(C(=O)Nc3ccccc3)cc(-c3occc3C3CCc4ccc5c(ccc6ccccc65)c4C3)c2c1. The summed E-state index contributed by atoms with van der Waals surface area (Å²) < 4.78 is 6.28. The van der Waals surface area contributed by atoms with Crippen LogP contribution in [0, 0.1) is 5.41 Å². The van der Waals surface area contributed by atoms with Crippen molar-refractivity contribution in [3.63, 3.8) is 0 Å². The summed E-state index contributed by atoms with van der Waals surface area (Å²) in [7, 11) is 0. The normalized spacial score (nSPS) is 14.4. The van der Waals surface area contributed by atoms with Crippen molar-refractivity contribution in [1.29, 1.82) is 5.41 Å². The molecule has 0 saturated heterocycles. The Balaban J connectivity index is 1.23. The molecule has 0 aliphatic heterocycles. The zero-order valence-electron chi connectivity index (χ0n) is 24.6. The van der Waals surface area contributed by atoms with Crippen LogP contribution in [0.3, 0.4) is 0 Å². The number of hydrogen-bond acceptors (Lipinski definition) is 3. The molecule has 1 aromatic heterocycles. The minimum Gasteiger partial charge on any atom is -0.464 e. The first kappa shape index (κ1) is 26.9. The highest BCUT2D eigenvalue weighted by atomic mass is 16.3. The molecule has 0 radical (unpaired) electrons. The van der Waals surface area contributed by atoms with Gasteiger partial charge in [-0.15, -0.1) is 0 Å². The van der Waals surface area contributed by atoms with Gasteiger partial charge in [0.1, 0.15) is 11.6 Å². The highest BCUT2D eigenvalue weighted by Crippen LogP contribution is 2.43. The summed E-state index contributed by atoms with van der Waals surface area (Å²) in [5.74, 6) is 0.806. The summed E-state index contributed by atoms with van der Waals surface area (Å²) in [6.07, 6.45) is 4.65. The van der Waals surface area contributed by atoms with Crippen molar-refractivity contribution in [3.8, 4) is 11.3 Å². The molecule has 8 rings (SSSR count). The van der Waals surface area contributed by atoms with Crippen molar-refractivity contribution in [3.05, 3.63) is 149 Å². The number of nitrogens with two attached hydrogens (primary N) is 1. The van der Waals surface area contributed by atoms with Crippen LogP contribution in [0.1, 0.15) is 45.0 Å². The monoisotopic (exact) mass is 585 g/mol. The molecule has 1 amide bonds. The molecule has 218 valence electrons. The quantitative estimate of drug-likeness (QED) is 0.107. The minimum absolute atomic E-state index is 0.00305. The maximum Gasteiger partial charge on any atom is 0.255 e. The van der Waals surface area contributed by atoms with E-state index in [1.807, 2.05) is 60.7 Å². The predicted molar refractivity (Wildman–Crippen MR) is 183 cm³/mol. The first-order valence-corrected chi connectivity index (χ1v) is 15.3. The van der Waals surface area contributed by atoms with Gasteiger partial charge in [0.15, 0.2) is 0 Å². The van der Waals surface area contributed by atoms with Gasteiger partial charge in [-0.1, -0.05) is 78.9 Å². The van der Waals surface area contributed by atoms with Gasteiger partial charge in [0.25, 0.3) is 5.91 Å². The number of fused-ring (bicyclic) bond motifs is 6. The van der Waals surface area contributed by atoms with Crippen LogP contribution in [0.15, 0.2) is 126 Å². The summed E-state index contributed by atoms with van der Waals surface area (Å²) in [4.78, 5) is 13.5. The third-order valence-electron chi connectivity index (χ3n) is 9.29. The fourth-order valence-electron chi connectivity index (χ4n) is 7.04. The Morgan fingerprint density at radius 3 is 2.42 bits per heavy atom. The molecule has 1 heterocycles. The number of nitrogens with one attached hydrogen (secondary N) is 2. The fourth-order valence-corrected chi connectivity index (χ4v) is 7.04. The smallest absolute Gasteiger partial charge is 0.255 e. The van der Waals surface area contributed by atoms with Crippen molar-refractivity contribution < 1.29 is 9.21 Å². The number of hydrogen-bond donors (Lipinski definition) is 3. The number of nitrogen functional groups attached to an aromatic ring is 1. The van der Waals surface area contributed by atoms with Crippen LogP contribution in [-0.2, 0) is 12.8 Å². The molecule has 0 saturated carbocycles. The van der Waals surface area contributed by atoms with Crippen LogP contribution in [-0.4, -0.2) is 11.7 Å². The number of amides is 1. The summed E-state index contributed by atoms with van der Waals surface area (Å²) in [6.45, 7) is 0. The fraction of sp³-hybridized carbons (Fsp3) is 0.100. The molecule has 1 aliphatic carbocycles. The van der Waals surface area contributed by atoms with Crippen LogP contribution < -0.4 is 11.1 Å². The van der Waals surface area contributed by atoms with Gasteiger partial charge in [-0.25, -0.2) is 0 Å². The van der Waals surface area contributed by atoms with Crippen molar-refractivity contribution in [2.24, 2.45) is 5.73 Å². The third kappa shape index (κ3) is 4.74. The number of aryl methyl sites for hydroxylation is 1. The highest BCUT2D eigenvalue weighted by Gasteiger charge is 2.27. The predicted octanol–water partition coefficient (Wildman–Crippen LogP) is 9.22. The Hall–Kier alpha value is -5.68. The lowest BCUT2D eigenvalue weighted by Crippen LogP contribution is -2.14. The van der Waals surface area contributed by atoms with Gasteiger partial charge in [0.2, 0.25) is 0 Å². The summed E-state index contributed by atoms with van der Waals surface area (Å²) in [6, 6.07) is 38.7. The highest BCUT2D eigenvalue weighted by molar-refractivity contribution is 6.11. The zero-order valence-corrected chi connectivity index (χ0v) is 24.6. The van der Waals surface area contributed by atoms with Gasteiger partial charge in [0.05, 0.1) is 6.26 Å². The average Bonchev–Trinajstić information content (AvgIpc) is 3.57. The lowest BCUT2D eigenvalue weighted by atomic mass is 9.77. The average molecular weight is 586 g/mol. The van der Waals surface area contributed by atoms with Crippen molar-refractivity contribution in [1.82, 2.24) is 0 Å². The number of amidine groups is 1. The van der Waals surface area contributed by atoms with Gasteiger partial charge in [0, 0.05) is 27.9 Å². The molecule has 0 spiro atoms. The Morgan fingerprint density at radius 2 is 1.56 bits per heavy atom. The summed E-state index contributed by atoms with van der Waals surface area (Å²) >= 11 is 0. The Morgan fingerprint density at radius 1 is 0.756 bits per heavy atom. The van der Waals surface area contributed by atoms with E-state index in [2.05, 4.69) is 59.9 Å². The molecule has 6 aromatic carbocycles. The maximum absolute atomic E-state index is 13.5. The van der Waals surface area contributed by atoms with Crippen molar-refractivity contribution >= 4 is 49.7 Å². The molecule has 1 aliphatic rings. The molecule has 0 bridgehead atoms. The molecule has 5 heteroatoms. The van der Waals surface area contributed by atoms with Gasteiger partial charge in [-0.3, -0.25) is 10.2 Å². The van der Waals surface area contributed by atoms with E-state index in [-0.39, 0.29) is 17.7 Å². The number of carbonyl (C=O) groups excluding carboxylic acids is 1.